The van der Waals surface area contributed by atoms with E-state index in [2.05, 4.69) is 10.6 Å². The van der Waals surface area contributed by atoms with E-state index in [4.69, 9.17) is 9.47 Å². The highest BCUT2D eigenvalue weighted by Gasteiger charge is 2.76. The van der Waals surface area contributed by atoms with Crippen LogP contribution in [-0.2, 0) is 28.7 Å². The minimum absolute atomic E-state index is 0.0161. The van der Waals surface area contributed by atoms with Crippen LogP contribution in [0.25, 0.3) is 0 Å². The van der Waals surface area contributed by atoms with Crippen molar-refractivity contribution in [3.8, 4) is 0 Å². The van der Waals surface area contributed by atoms with Crippen LogP contribution < -0.4 is 10.6 Å². The summed E-state index contributed by atoms with van der Waals surface area (Å²) in [6.07, 6.45) is 0.720. The van der Waals surface area contributed by atoms with Gasteiger partial charge >= 0.3 is 11.9 Å². The van der Waals surface area contributed by atoms with Crippen molar-refractivity contribution in [1.29, 1.82) is 0 Å². The molecule has 2 amide bonds. The van der Waals surface area contributed by atoms with Gasteiger partial charge in [-0.15, -0.1) is 0 Å². The first-order chi connectivity index (χ1) is 13.6. The maximum Gasteiger partial charge on any atom is 0.334 e. The summed E-state index contributed by atoms with van der Waals surface area (Å²) in [7, 11) is 0. The van der Waals surface area contributed by atoms with Crippen molar-refractivity contribution in [3.05, 3.63) is 0 Å². The maximum absolute atomic E-state index is 13.0. The lowest BCUT2D eigenvalue weighted by Crippen LogP contribution is -2.74. The average Bonchev–Trinajstić information content (AvgIpc) is 3.48. The largest absolute Gasteiger partial charge is 0.464 e. The van der Waals surface area contributed by atoms with Crippen molar-refractivity contribution in [1.82, 2.24) is 10.6 Å². The molecular weight excluding hydrogens is 384 g/mol. The first-order valence-electron chi connectivity index (χ1n) is 9.62. The third-order valence-electron chi connectivity index (χ3n) is 5.26. The fraction of sp³-hybridized carbons (Fsp3) is 0.789. The Kier molecular flexibility index (Phi) is 8.58. The van der Waals surface area contributed by atoms with Crippen LogP contribution in [0.4, 0.5) is 0 Å². The summed E-state index contributed by atoms with van der Waals surface area (Å²) < 4.78 is 10.5. The molecule has 10 heteroatoms. The van der Waals surface area contributed by atoms with Gasteiger partial charge in [-0.25, -0.2) is 9.59 Å². The number of nitrogens with one attached hydrogen (secondary N) is 2. The molecule has 1 saturated carbocycles. The number of amides is 2. The van der Waals surface area contributed by atoms with Crippen molar-refractivity contribution in [3.63, 3.8) is 0 Å². The van der Waals surface area contributed by atoms with Crippen LogP contribution in [-0.4, -0.2) is 72.5 Å². The lowest BCUT2D eigenvalue weighted by molar-refractivity contribution is -0.173. The summed E-state index contributed by atoms with van der Waals surface area (Å²) in [5.41, 5.74) is -5.65. The highest BCUT2D eigenvalue weighted by atomic mass is 16.5. The van der Waals surface area contributed by atoms with E-state index in [1.807, 2.05) is 27.7 Å². The van der Waals surface area contributed by atoms with Crippen LogP contribution >= 0.6 is 0 Å². The monoisotopic (exact) mass is 416 g/mol. The standard InChI is InChI=1S/C19H32N2O8/c1-13(2)7-28-15(26)18(9-22,20-11-24)17(5-6-17)19(10-23,21-12-25)16(27)29-8-14(3)4/h11-14,22-23H,5-10H2,1-4H3,(H,20,24)(H,21,25)/t18-,19-/m1/s1. The van der Waals surface area contributed by atoms with Crippen LogP contribution in [0.15, 0.2) is 0 Å². The summed E-state index contributed by atoms with van der Waals surface area (Å²) in [6.45, 7) is 5.47. The van der Waals surface area contributed by atoms with Gasteiger partial charge in [0.1, 0.15) is 0 Å². The van der Waals surface area contributed by atoms with Crippen molar-refractivity contribution < 1.29 is 38.9 Å². The van der Waals surface area contributed by atoms with Gasteiger partial charge in [0.2, 0.25) is 12.8 Å². The maximum atomic E-state index is 13.0. The van der Waals surface area contributed by atoms with Crippen molar-refractivity contribution in [2.45, 2.75) is 51.6 Å². The van der Waals surface area contributed by atoms with E-state index >= 15 is 0 Å². The van der Waals surface area contributed by atoms with Gasteiger partial charge in [0.15, 0.2) is 11.1 Å². The molecule has 1 fully saturated rings. The molecule has 4 N–H and O–H groups in total. The molecule has 0 aromatic carbocycles. The smallest absolute Gasteiger partial charge is 0.334 e. The summed E-state index contributed by atoms with van der Waals surface area (Å²) in [4.78, 5) is 48.7. The Balaban J connectivity index is 3.49. The molecule has 0 unspecified atom stereocenters. The molecule has 1 rings (SSSR count). The summed E-state index contributed by atoms with van der Waals surface area (Å²) in [6, 6.07) is 0. The van der Waals surface area contributed by atoms with E-state index in [0.717, 1.165) is 0 Å². The molecule has 0 saturated heterocycles. The van der Waals surface area contributed by atoms with Crippen molar-refractivity contribution in [2.75, 3.05) is 26.4 Å². The van der Waals surface area contributed by atoms with Gasteiger partial charge < -0.3 is 30.3 Å². The van der Waals surface area contributed by atoms with E-state index < -0.39 is 41.6 Å². The van der Waals surface area contributed by atoms with Crippen LogP contribution in [0, 0.1) is 17.3 Å². The predicted molar refractivity (Wildman–Crippen MR) is 101 cm³/mol. The van der Waals surface area contributed by atoms with Gasteiger partial charge in [-0.05, 0) is 24.7 Å². The molecule has 0 aromatic rings. The third-order valence-corrected chi connectivity index (χ3v) is 5.26. The number of ether oxygens (including phenoxy) is 2. The molecule has 10 nitrogen and oxygen atoms in total. The average molecular weight is 416 g/mol. The van der Waals surface area contributed by atoms with Gasteiger partial charge in [0, 0.05) is 5.41 Å². The quantitative estimate of drug-likeness (QED) is 0.210. The second-order valence-corrected chi connectivity index (χ2v) is 8.22. The minimum Gasteiger partial charge on any atom is -0.464 e. The summed E-state index contributed by atoms with van der Waals surface area (Å²) in [5.74, 6) is -1.96. The number of aliphatic hydroxyl groups is 2. The van der Waals surface area contributed by atoms with Gasteiger partial charge in [0.25, 0.3) is 0 Å². The SMILES string of the molecule is CC(C)COC(=O)[C@@](CO)(NC=O)C1([C@](CO)(NC=O)C(=O)OCC(C)C)CC1. The normalized spacial score (nSPS) is 18.9. The highest BCUT2D eigenvalue weighted by molar-refractivity contribution is 5.92. The highest BCUT2D eigenvalue weighted by Crippen LogP contribution is 2.61. The predicted octanol–water partition coefficient (Wildman–Crippen LogP) is -0.881. The number of carbonyl (C=O) groups is 4. The molecule has 0 spiro atoms. The fourth-order valence-corrected chi connectivity index (χ4v) is 3.58. The molecule has 0 heterocycles. The zero-order valence-electron chi connectivity index (χ0n) is 17.4. The summed E-state index contributed by atoms with van der Waals surface area (Å²) >= 11 is 0. The zero-order chi connectivity index (χ0) is 22.3. The van der Waals surface area contributed by atoms with Crippen molar-refractivity contribution >= 4 is 24.8 Å². The van der Waals surface area contributed by atoms with E-state index in [-0.39, 0.29) is 50.7 Å². The first kappa shape index (κ1) is 24.8. The summed E-state index contributed by atoms with van der Waals surface area (Å²) in [5, 5.41) is 25.0. The van der Waals surface area contributed by atoms with E-state index in [0.29, 0.717) is 0 Å². The Morgan fingerprint density at radius 2 is 1.24 bits per heavy atom. The third kappa shape index (κ3) is 4.53. The Labute approximate surface area is 170 Å². The number of hydrogen-bond donors (Lipinski definition) is 4. The lowest BCUT2D eigenvalue weighted by atomic mass is 9.67. The van der Waals surface area contributed by atoms with Crippen LogP contribution in [0.1, 0.15) is 40.5 Å². The Hall–Kier alpha value is -2.20. The molecule has 0 bridgehead atoms. The second kappa shape index (κ2) is 10.0. The Morgan fingerprint density at radius 1 is 0.897 bits per heavy atom. The molecule has 1 aliphatic rings. The second-order valence-electron chi connectivity index (χ2n) is 8.22. The molecule has 0 aliphatic heterocycles. The fourth-order valence-electron chi connectivity index (χ4n) is 3.58. The first-order valence-corrected chi connectivity index (χ1v) is 9.62. The lowest BCUT2D eigenvalue weighted by Gasteiger charge is -2.46. The Bertz CT molecular complexity index is 557. The molecule has 2 atom stereocenters. The van der Waals surface area contributed by atoms with E-state index in [1.165, 1.54) is 0 Å². The van der Waals surface area contributed by atoms with Gasteiger partial charge in [-0.1, -0.05) is 27.7 Å². The molecule has 1 aliphatic carbocycles. The van der Waals surface area contributed by atoms with Gasteiger partial charge in [-0.2, -0.15) is 0 Å². The number of hydrogen-bond acceptors (Lipinski definition) is 8. The minimum atomic E-state index is -2.06. The number of aliphatic hydroxyl groups excluding tert-OH is 2. The molecule has 29 heavy (non-hydrogen) atoms. The van der Waals surface area contributed by atoms with Crippen LogP contribution in [0.3, 0.4) is 0 Å². The molecule has 166 valence electrons. The zero-order valence-corrected chi connectivity index (χ0v) is 17.4. The number of carbonyl (C=O) groups excluding carboxylic acids is 4. The molecular formula is C19H32N2O8. The van der Waals surface area contributed by atoms with Gasteiger partial charge in [0.05, 0.1) is 26.4 Å². The van der Waals surface area contributed by atoms with Crippen LogP contribution in [0.5, 0.6) is 0 Å². The van der Waals surface area contributed by atoms with E-state index in [1.54, 1.807) is 0 Å². The van der Waals surface area contributed by atoms with Gasteiger partial charge in [-0.3, -0.25) is 9.59 Å². The number of esters is 2. The molecule has 0 aromatic heterocycles. The number of rotatable bonds is 14. The Morgan fingerprint density at radius 3 is 1.45 bits per heavy atom. The molecule has 0 radical (unpaired) electrons. The van der Waals surface area contributed by atoms with Crippen LogP contribution in [0.2, 0.25) is 0 Å². The van der Waals surface area contributed by atoms with E-state index in [9.17, 15) is 29.4 Å². The van der Waals surface area contributed by atoms with Crippen molar-refractivity contribution in [2.24, 2.45) is 17.3 Å². The topological polar surface area (TPSA) is 151 Å².